The molecule has 0 aromatic carbocycles. The molecule has 1 rings (SSSR count). The summed E-state index contributed by atoms with van der Waals surface area (Å²) in [6.07, 6.45) is 2.56. The summed E-state index contributed by atoms with van der Waals surface area (Å²) in [6, 6.07) is 3.48. The van der Waals surface area contributed by atoms with E-state index in [0.29, 0.717) is 17.3 Å². The van der Waals surface area contributed by atoms with Gasteiger partial charge in [0.05, 0.1) is 0 Å². The van der Waals surface area contributed by atoms with Crippen molar-refractivity contribution in [2.24, 2.45) is 5.73 Å². The number of nitrogens with one attached hydrogen (secondary N) is 1. The topological polar surface area (TPSA) is 75.4 Å². The first-order valence-electron chi connectivity index (χ1n) is 6.39. The van der Waals surface area contributed by atoms with Gasteiger partial charge in [-0.25, -0.2) is 13.1 Å². The van der Waals surface area contributed by atoms with Crippen LogP contribution in [0, 0.1) is 0 Å². The zero-order valence-corrected chi connectivity index (χ0v) is 13.2. The maximum absolute atomic E-state index is 12.0. The molecule has 1 heterocycles. The van der Waals surface area contributed by atoms with E-state index in [4.69, 9.17) is 5.73 Å². The summed E-state index contributed by atoms with van der Waals surface area (Å²) in [5.74, 6) is 0. The molecular formula is C12H23N3O2S2. The van der Waals surface area contributed by atoms with Gasteiger partial charge in [0.15, 0.2) is 0 Å². The highest BCUT2D eigenvalue weighted by molar-refractivity contribution is 7.91. The molecule has 0 aliphatic heterocycles. The highest BCUT2D eigenvalue weighted by atomic mass is 32.2. The van der Waals surface area contributed by atoms with Crippen LogP contribution in [0.3, 0.4) is 0 Å². The number of hydrogen-bond acceptors (Lipinski definition) is 5. The van der Waals surface area contributed by atoms with Crippen LogP contribution in [0.2, 0.25) is 0 Å². The van der Waals surface area contributed by atoms with E-state index in [0.717, 1.165) is 30.7 Å². The van der Waals surface area contributed by atoms with Crippen molar-refractivity contribution in [3.05, 3.63) is 17.0 Å². The maximum Gasteiger partial charge on any atom is 0.250 e. The van der Waals surface area contributed by atoms with Crippen molar-refractivity contribution >= 4 is 21.4 Å². The molecule has 1 aromatic heterocycles. The summed E-state index contributed by atoms with van der Waals surface area (Å²) in [4.78, 5) is 3.10. The van der Waals surface area contributed by atoms with Crippen molar-refractivity contribution in [2.45, 2.75) is 23.5 Å². The molecule has 3 N–H and O–H groups in total. The molecule has 0 aliphatic carbocycles. The van der Waals surface area contributed by atoms with E-state index < -0.39 is 10.0 Å². The minimum atomic E-state index is -3.34. The second kappa shape index (κ2) is 7.96. The van der Waals surface area contributed by atoms with Gasteiger partial charge in [-0.3, -0.25) is 0 Å². The Morgan fingerprint density at radius 3 is 2.68 bits per heavy atom. The highest BCUT2D eigenvalue weighted by Crippen LogP contribution is 2.21. The molecule has 0 amide bonds. The van der Waals surface area contributed by atoms with Crippen molar-refractivity contribution in [3.63, 3.8) is 0 Å². The number of nitrogens with two attached hydrogens (primary N) is 1. The van der Waals surface area contributed by atoms with Crippen LogP contribution in [0.25, 0.3) is 0 Å². The second-order valence-corrected chi connectivity index (χ2v) is 7.83. The van der Waals surface area contributed by atoms with Gasteiger partial charge in [0, 0.05) is 11.4 Å². The first-order valence-corrected chi connectivity index (χ1v) is 8.69. The van der Waals surface area contributed by atoms with Gasteiger partial charge in [-0.1, -0.05) is 0 Å². The van der Waals surface area contributed by atoms with Crippen molar-refractivity contribution in [2.75, 3.05) is 33.7 Å². The predicted octanol–water partition coefficient (Wildman–Crippen LogP) is 0.869. The average molecular weight is 305 g/mol. The molecule has 0 atom stereocenters. The fourth-order valence-corrected chi connectivity index (χ4v) is 4.10. The Hall–Kier alpha value is -0.470. The SMILES string of the molecule is CN(C)CCCCNS(=O)(=O)c1ccc(CCN)s1. The van der Waals surface area contributed by atoms with E-state index in [1.54, 1.807) is 6.07 Å². The van der Waals surface area contributed by atoms with Crippen LogP contribution in [-0.2, 0) is 16.4 Å². The number of sulfonamides is 1. The molecule has 0 bridgehead atoms. The third kappa shape index (κ3) is 6.01. The Morgan fingerprint density at radius 1 is 1.32 bits per heavy atom. The summed E-state index contributed by atoms with van der Waals surface area (Å²) in [7, 11) is 0.673. The number of thiophene rings is 1. The Balaban J connectivity index is 2.42. The summed E-state index contributed by atoms with van der Waals surface area (Å²) in [6.45, 7) is 2.00. The van der Waals surface area contributed by atoms with E-state index in [1.165, 1.54) is 11.3 Å². The first-order chi connectivity index (χ1) is 8.95. The van der Waals surface area contributed by atoms with Gasteiger partial charge in [-0.2, -0.15) is 0 Å². The van der Waals surface area contributed by atoms with Crippen LogP contribution < -0.4 is 10.5 Å². The van der Waals surface area contributed by atoms with Gasteiger partial charge in [0.1, 0.15) is 4.21 Å². The van der Waals surface area contributed by atoms with Gasteiger partial charge in [-0.05, 0) is 58.6 Å². The van der Waals surface area contributed by atoms with Crippen LogP contribution in [0.15, 0.2) is 16.3 Å². The standard InChI is InChI=1S/C12H23N3O2S2/c1-15(2)10-4-3-9-14-19(16,17)12-6-5-11(18-12)7-8-13/h5-6,14H,3-4,7-10,13H2,1-2H3. The van der Waals surface area contributed by atoms with E-state index in [9.17, 15) is 8.42 Å². The number of unbranched alkanes of at least 4 members (excludes halogenated alkanes) is 1. The summed E-state index contributed by atoms with van der Waals surface area (Å²) < 4.78 is 27.0. The van der Waals surface area contributed by atoms with Gasteiger partial charge in [-0.15, -0.1) is 11.3 Å². The molecule has 0 saturated heterocycles. The lowest BCUT2D eigenvalue weighted by Gasteiger charge is -2.09. The molecule has 0 fully saturated rings. The summed E-state index contributed by atoms with van der Waals surface area (Å²) >= 11 is 1.29. The molecule has 7 heteroatoms. The van der Waals surface area contributed by atoms with Crippen LogP contribution in [0.4, 0.5) is 0 Å². The molecule has 19 heavy (non-hydrogen) atoms. The van der Waals surface area contributed by atoms with E-state index >= 15 is 0 Å². The zero-order valence-electron chi connectivity index (χ0n) is 11.6. The molecule has 0 unspecified atom stereocenters. The third-order valence-electron chi connectivity index (χ3n) is 2.62. The van der Waals surface area contributed by atoms with Crippen molar-refractivity contribution in [1.82, 2.24) is 9.62 Å². The Labute approximate surface area is 119 Å². The Kier molecular flexibility index (Phi) is 6.95. The lowest BCUT2D eigenvalue weighted by Crippen LogP contribution is -2.24. The van der Waals surface area contributed by atoms with Crippen LogP contribution in [0.1, 0.15) is 17.7 Å². The lowest BCUT2D eigenvalue weighted by atomic mass is 10.3. The summed E-state index contributed by atoms with van der Waals surface area (Å²) in [5, 5.41) is 0. The maximum atomic E-state index is 12.0. The van der Waals surface area contributed by atoms with Gasteiger partial charge in [0.2, 0.25) is 10.0 Å². The fourth-order valence-electron chi connectivity index (χ4n) is 1.61. The van der Waals surface area contributed by atoms with Gasteiger partial charge >= 0.3 is 0 Å². The Morgan fingerprint density at radius 2 is 2.05 bits per heavy atom. The van der Waals surface area contributed by atoms with Crippen LogP contribution >= 0.6 is 11.3 Å². The first kappa shape index (κ1) is 16.6. The number of nitrogens with zero attached hydrogens (tertiary/aromatic N) is 1. The molecule has 0 spiro atoms. The van der Waals surface area contributed by atoms with Crippen LogP contribution in [-0.4, -0.2) is 47.0 Å². The third-order valence-corrected chi connectivity index (χ3v) is 5.71. The molecule has 1 aromatic rings. The second-order valence-electron chi connectivity index (χ2n) is 4.67. The fraction of sp³-hybridized carbons (Fsp3) is 0.667. The molecule has 5 nitrogen and oxygen atoms in total. The van der Waals surface area contributed by atoms with Gasteiger partial charge < -0.3 is 10.6 Å². The smallest absolute Gasteiger partial charge is 0.250 e. The van der Waals surface area contributed by atoms with Crippen LogP contribution in [0.5, 0.6) is 0 Å². The number of rotatable bonds is 9. The van der Waals surface area contributed by atoms with E-state index in [1.807, 2.05) is 20.2 Å². The van der Waals surface area contributed by atoms with Crippen molar-refractivity contribution in [3.8, 4) is 0 Å². The molecule has 0 aliphatic rings. The quantitative estimate of drug-likeness (QED) is 0.664. The minimum Gasteiger partial charge on any atom is -0.330 e. The molecule has 110 valence electrons. The zero-order chi connectivity index (χ0) is 14.3. The average Bonchev–Trinajstić information content (AvgIpc) is 2.78. The van der Waals surface area contributed by atoms with E-state index in [-0.39, 0.29) is 0 Å². The Bertz CT molecular complexity index is 469. The largest absolute Gasteiger partial charge is 0.330 e. The molecule has 0 radical (unpaired) electrons. The lowest BCUT2D eigenvalue weighted by molar-refractivity contribution is 0.394. The van der Waals surface area contributed by atoms with Crippen molar-refractivity contribution in [1.29, 1.82) is 0 Å². The van der Waals surface area contributed by atoms with E-state index in [2.05, 4.69) is 9.62 Å². The highest BCUT2D eigenvalue weighted by Gasteiger charge is 2.15. The monoisotopic (exact) mass is 305 g/mol. The summed E-state index contributed by atoms with van der Waals surface area (Å²) in [5.41, 5.74) is 5.45. The molecule has 0 saturated carbocycles. The minimum absolute atomic E-state index is 0.378. The predicted molar refractivity (Wildman–Crippen MR) is 80.1 cm³/mol. The number of hydrogen-bond donors (Lipinski definition) is 2. The molecular weight excluding hydrogens is 282 g/mol. The van der Waals surface area contributed by atoms with Gasteiger partial charge in [0.25, 0.3) is 0 Å². The normalized spacial score (nSPS) is 12.2. The van der Waals surface area contributed by atoms with Crippen molar-refractivity contribution < 1.29 is 8.42 Å².